The summed E-state index contributed by atoms with van der Waals surface area (Å²) >= 11 is 0. The minimum atomic E-state index is -0.435. The SMILES string of the molecule is C=CC(=O)OCCCCCOc1ccc(-c2ccc(OC(=O)c3ccc(OCCCCCCC4CC(=C)C(=O)O4)cc3)cc2)cc1. The van der Waals surface area contributed by atoms with E-state index in [2.05, 4.69) is 13.2 Å². The Kier molecular flexibility index (Phi) is 13.5. The summed E-state index contributed by atoms with van der Waals surface area (Å²) in [7, 11) is 0. The van der Waals surface area contributed by atoms with Crippen molar-refractivity contribution in [1.29, 1.82) is 0 Å². The van der Waals surface area contributed by atoms with E-state index in [9.17, 15) is 14.4 Å². The van der Waals surface area contributed by atoms with Crippen LogP contribution < -0.4 is 14.2 Å². The molecule has 8 heteroatoms. The van der Waals surface area contributed by atoms with Gasteiger partial charge in [-0.05, 0) is 98.2 Å². The van der Waals surface area contributed by atoms with Crippen molar-refractivity contribution < 1.29 is 38.1 Å². The molecule has 0 amide bonds. The number of hydrogen-bond acceptors (Lipinski definition) is 8. The van der Waals surface area contributed by atoms with E-state index in [0.717, 1.165) is 68.2 Å². The molecule has 0 spiro atoms. The summed E-state index contributed by atoms with van der Waals surface area (Å²) in [6.07, 6.45) is 9.26. The highest BCUT2D eigenvalue weighted by molar-refractivity contribution is 5.91. The zero-order chi connectivity index (χ0) is 32.6. The van der Waals surface area contributed by atoms with E-state index in [1.165, 1.54) is 6.08 Å². The Labute approximate surface area is 271 Å². The summed E-state index contributed by atoms with van der Waals surface area (Å²) in [5, 5.41) is 0. The van der Waals surface area contributed by atoms with Gasteiger partial charge in [0.2, 0.25) is 0 Å². The van der Waals surface area contributed by atoms with Crippen LogP contribution in [-0.4, -0.2) is 43.8 Å². The lowest BCUT2D eigenvalue weighted by molar-refractivity contribution is -0.139. The Morgan fingerprint density at radius 3 is 1.80 bits per heavy atom. The maximum Gasteiger partial charge on any atom is 0.343 e. The fourth-order valence-corrected chi connectivity index (χ4v) is 4.93. The predicted molar refractivity (Wildman–Crippen MR) is 176 cm³/mol. The van der Waals surface area contributed by atoms with Crippen LogP contribution in [0.25, 0.3) is 11.1 Å². The largest absolute Gasteiger partial charge is 0.494 e. The fourth-order valence-electron chi connectivity index (χ4n) is 4.93. The Hall–Kier alpha value is -4.85. The number of hydrogen-bond donors (Lipinski definition) is 0. The molecule has 0 bridgehead atoms. The first-order valence-corrected chi connectivity index (χ1v) is 15.9. The van der Waals surface area contributed by atoms with E-state index in [0.29, 0.717) is 48.9 Å². The summed E-state index contributed by atoms with van der Waals surface area (Å²) < 4.78 is 27.4. The summed E-state index contributed by atoms with van der Waals surface area (Å²) in [6, 6.07) is 22.2. The van der Waals surface area contributed by atoms with E-state index >= 15 is 0 Å². The van der Waals surface area contributed by atoms with Crippen molar-refractivity contribution >= 4 is 17.9 Å². The van der Waals surface area contributed by atoms with Gasteiger partial charge in [-0.2, -0.15) is 0 Å². The average Bonchev–Trinajstić information content (AvgIpc) is 3.40. The van der Waals surface area contributed by atoms with Crippen LogP contribution >= 0.6 is 0 Å². The third-order valence-corrected chi connectivity index (χ3v) is 7.54. The molecule has 0 radical (unpaired) electrons. The number of unbranched alkanes of at least 4 members (excludes halogenated alkanes) is 5. The topological polar surface area (TPSA) is 97.4 Å². The maximum atomic E-state index is 12.7. The van der Waals surface area contributed by atoms with Gasteiger partial charge in [-0.3, -0.25) is 0 Å². The van der Waals surface area contributed by atoms with Crippen molar-refractivity contribution in [1.82, 2.24) is 0 Å². The second kappa shape index (κ2) is 18.2. The predicted octanol–water partition coefficient (Wildman–Crippen LogP) is 8.05. The summed E-state index contributed by atoms with van der Waals surface area (Å²) in [6.45, 7) is 8.67. The molecule has 46 heavy (non-hydrogen) atoms. The van der Waals surface area contributed by atoms with Crippen molar-refractivity contribution in [3.8, 4) is 28.4 Å². The van der Waals surface area contributed by atoms with E-state index in [1.54, 1.807) is 36.4 Å². The monoisotopic (exact) mass is 626 g/mol. The van der Waals surface area contributed by atoms with Gasteiger partial charge in [0.25, 0.3) is 0 Å². The van der Waals surface area contributed by atoms with Crippen molar-refractivity contribution in [2.75, 3.05) is 19.8 Å². The van der Waals surface area contributed by atoms with Crippen LogP contribution in [-0.2, 0) is 19.1 Å². The van der Waals surface area contributed by atoms with Gasteiger partial charge in [-0.15, -0.1) is 0 Å². The molecular formula is C38H42O8. The van der Waals surface area contributed by atoms with Crippen molar-refractivity contribution in [3.63, 3.8) is 0 Å². The first-order valence-electron chi connectivity index (χ1n) is 15.9. The molecule has 0 aliphatic carbocycles. The molecular weight excluding hydrogens is 584 g/mol. The first kappa shape index (κ1) is 34.0. The highest BCUT2D eigenvalue weighted by Crippen LogP contribution is 2.26. The Balaban J connectivity index is 1.10. The van der Waals surface area contributed by atoms with Crippen LogP contribution in [0.4, 0.5) is 0 Å². The van der Waals surface area contributed by atoms with Gasteiger partial charge in [0, 0.05) is 18.1 Å². The average molecular weight is 627 g/mol. The highest BCUT2D eigenvalue weighted by atomic mass is 16.6. The molecule has 1 unspecified atom stereocenters. The van der Waals surface area contributed by atoms with E-state index in [-0.39, 0.29) is 12.1 Å². The van der Waals surface area contributed by atoms with Gasteiger partial charge in [-0.25, -0.2) is 14.4 Å². The molecule has 3 aromatic rings. The van der Waals surface area contributed by atoms with Gasteiger partial charge >= 0.3 is 17.9 Å². The fraction of sp³-hybridized carbons (Fsp3) is 0.342. The van der Waals surface area contributed by atoms with Gasteiger partial charge in [0.05, 0.1) is 25.4 Å². The zero-order valence-corrected chi connectivity index (χ0v) is 26.2. The smallest absolute Gasteiger partial charge is 0.343 e. The highest BCUT2D eigenvalue weighted by Gasteiger charge is 2.26. The molecule has 1 heterocycles. The van der Waals surface area contributed by atoms with Gasteiger partial charge < -0.3 is 23.7 Å². The molecule has 1 fully saturated rings. The number of rotatable bonds is 19. The lowest BCUT2D eigenvalue weighted by Crippen LogP contribution is -2.08. The van der Waals surface area contributed by atoms with Crippen LogP contribution in [0.3, 0.4) is 0 Å². The van der Waals surface area contributed by atoms with Gasteiger partial charge in [0.15, 0.2) is 0 Å². The Morgan fingerprint density at radius 1 is 0.717 bits per heavy atom. The van der Waals surface area contributed by atoms with Crippen LogP contribution in [0.15, 0.2) is 97.6 Å². The van der Waals surface area contributed by atoms with E-state index < -0.39 is 11.9 Å². The first-order chi connectivity index (χ1) is 22.4. The molecule has 4 rings (SSSR count). The summed E-state index contributed by atoms with van der Waals surface area (Å²) in [5.74, 6) is 0.869. The van der Waals surface area contributed by atoms with Crippen LogP contribution in [0.5, 0.6) is 17.2 Å². The second-order valence-electron chi connectivity index (χ2n) is 11.1. The molecule has 0 aromatic heterocycles. The summed E-state index contributed by atoms with van der Waals surface area (Å²) in [4.78, 5) is 35.1. The molecule has 1 saturated heterocycles. The van der Waals surface area contributed by atoms with Crippen molar-refractivity contribution in [3.05, 3.63) is 103 Å². The second-order valence-corrected chi connectivity index (χ2v) is 11.1. The van der Waals surface area contributed by atoms with Crippen LogP contribution in [0.2, 0.25) is 0 Å². The molecule has 242 valence electrons. The third kappa shape index (κ3) is 11.3. The minimum Gasteiger partial charge on any atom is -0.494 e. The maximum absolute atomic E-state index is 12.7. The molecule has 3 aromatic carbocycles. The Bertz CT molecular complexity index is 1430. The number of carbonyl (C=O) groups is 3. The number of ether oxygens (including phenoxy) is 5. The van der Waals surface area contributed by atoms with Crippen molar-refractivity contribution in [2.24, 2.45) is 0 Å². The molecule has 1 aliphatic rings. The quantitative estimate of drug-likeness (QED) is 0.0571. The minimum absolute atomic E-state index is 0.0111. The number of esters is 3. The van der Waals surface area contributed by atoms with Crippen LogP contribution in [0.1, 0.15) is 68.1 Å². The molecule has 0 N–H and O–H groups in total. The number of cyclic esters (lactones) is 1. The lowest BCUT2D eigenvalue weighted by Gasteiger charge is -2.10. The zero-order valence-electron chi connectivity index (χ0n) is 26.2. The normalized spacial score (nSPS) is 14.0. The molecule has 1 atom stereocenters. The van der Waals surface area contributed by atoms with E-state index in [4.69, 9.17) is 23.7 Å². The summed E-state index contributed by atoms with van der Waals surface area (Å²) in [5.41, 5.74) is 3.03. The van der Waals surface area contributed by atoms with Gasteiger partial charge in [-0.1, -0.05) is 50.3 Å². The number of benzene rings is 3. The molecule has 8 nitrogen and oxygen atoms in total. The van der Waals surface area contributed by atoms with Crippen LogP contribution in [0, 0.1) is 0 Å². The lowest BCUT2D eigenvalue weighted by atomic mass is 10.1. The molecule has 0 saturated carbocycles. The van der Waals surface area contributed by atoms with E-state index in [1.807, 2.05) is 36.4 Å². The number of carbonyl (C=O) groups excluding carboxylic acids is 3. The standard InChI is InChI=1S/C38H42O8/c1-3-36(39)44-26-10-6-9-25-43-32-18-12-29(13-19-32)30-14-22-34(23-15-30)45-38(41)31-16-20-33(21-17-31)42-24-8-5-4-7-11-35-27-28(2)37(40)46-35/h3,12-23,35H,1-2,4-11,24-27H2. The van der Waals surface area contributed by atoms with Gasteiger partial charge in [0.1, 0.15) is 23.4 Å². The van der Waals surface area contributed by atoms with Crippen molar-refractivity contribution in [2.45, 2.75) is 63.9 Å². The third-order valence-electron chi connectivity index (χ3n) is 7.54. The molecule has 1 aliphatic heterocycles. The Morgan fingerprint density at radius 2 is 1.24 bits per heavy atom.